The van der Waals surface area contributed by atoms with Crippen molar-refractivity contribution >= 4 is 23.2 Å². The third-order valence-electron chi connectivity index (χ3n) is 2.74. The van der Waals surface area contributed by atoms with Crippen LogP contribution in [0.25, 0.3) is 17.2 Å². The van der Waals surface area contributed by atoms with Crippen LogP contribution in [0.1, 0.15) is 16.1 Å². The Morgan fingerprint density at radius 1 is 1.40 bits per heavy atom. The molecule has 0 aromatic carbocycles. The lowest BCUT2D eigenvalue weighted by molar-refractivity contribution is 0.0600. The summed E-state index contributed by atoms with van der Waals surface area (Å²) in [6.45, 7) is 1.77. The van der Waals surface area contributed by atoms with Gasteiger partial charge in [-0.25, -0.2) is 4.79 Å². The summed E-state index contributed by atoms with van der Waals surface area (Å²) in [6.07, 6.45) is 1.55. The highest BCUT2D eigenvalue weighted by Crippen LogP contribution is 2.24. The molecule has 0 saturated heterocycles. The van der Waals surface area contributed by atoms with Crippen LogP contribution in [0.4, 0.5) is 0 Å². The molecule has 0 aliphatic rings. The maximum Gasteiger partial charge on any atom is 0.339 e. The molecule has 3 rings (SSSR count). The molecular formula is C12H9ClN4O3. The quantitative estimate of drug-likeness (QED) is 0.673. The van der Waals surface area contributed by atoms with Crippen molar-refractivity contribution in [2.45, 2.75) is 6.92 Å². The van der Waals surface area contributed by atoms with E-state index in [1.165, 1.54) is 13.2 Å². The van der Waals surface area contributed by atoms with Gasteiger partial charge in [-0.2, -0.15) is 0 Å². The Hall–Kier alpha value is -2.41. The van der Waals surface area contributed by atoms with Crippen LogP contribution < -0.4 is 0 Å². The molecule has 8 heteroatoms. The Balaban J connectivity index is 2.24. The predicted molar refractivity (Wildman–Crippen MR) is 69.6 cm³/mol. The monoisotopic (exact) mass is 292 g/mol. The van der Waals surface area contributed by atoms with Crippen LogP contribution in [0.15, 0.2) is 22.9 Å². The van der Waals surface area contributed by atoms with Crippen molar-refractivity contribution in [3.05, 3.63) is 34.7 Å². The molecule has 7 nitrogen and oxygen atoms in total. The highest BCUT2D eigenvalue weighted by atomic mass is 35.5. The Kier molecular flexibility index (Phi) is 2.90. The first-order valence-corrected chi connectivity index (χ1v) is 6.04. The molecule has 0 N–H and O–H groups in total. The predicted octanol–water partition coefficient (Wildman–Crippen LogP) is 2.13. The van der Waals surface area contributed by atoms with Crippen LogP contribution in [0, 0.1) is 6.92 Å². The Bertz CT molecular complexity index is 808. The number of rotatable bonds is 2. The Labute approximate surface area is 118 Å². The van der Waals surface area contributed by atoms with Crippen LogP contribution in [-0.2, 0) is 4.74 Å². The summed E-state index contributed by atoms with van der Waals surface area (Å²) in [6, 6.07) is 3.20. The van der Waals surface area contributed by atoms with E-state index < -0.39 is 5.97 Å². The molecule has 0 unspecified atom stereocenters. The molecule has 0 radical (unpaired) electrons. The molecule has 0 amide bonds. The van der Waals surface area contributed by atoms with Crippen molar-refractivity contribution in [3.8, 4) is 11.5 Å². The van der Waals surface area contributed by atoms with Crippen molar-refractivity contribution < 1.29 is 14.1 Å². The van der Waals surface area contributed by atoms with Gasteiger partial charge in [0, 0.05) is 12.3 Å². The fourth-order valence-corrected chi connectivity index (χ4v) is 2.08. The molecule has 0 bridgehead atoms. The second kappa shape index (κ2) is 4.61. The van der Waals surface area contributed by atoms with Gasteiger partial charge in [0.25, 0.3) is 0 Å². The van der Waals surface area contributed by atoms with Gasteiger partial charge in [0.05, 0.1) is 17.7 Å². The van der Waals surface area contributed by atoms with Crippen LogP contribution in [0.3, 0.4) is 0 Å². The summed E-state index contributed by atoms with van der Waals surface area (Å²) >= 11 is 6.09. The van der Waals surface area contributed by atoms with Gasteiger partial charge < -0.3 is 9.26 Å². The maximum atomic E-state index is 11.6. The van der Waals surface area contributed by atoms with E-state index in [2.05, 4.69) is 20.1 Å². The van der Waals surface area contributed by atoms with Crippen LogP contribution >= 0.6 is 11.6 Å². The number of halogens is 1. The van der Waals surface area contributed by atoms with Gasteiger partial charge in [-0.1, -0.05) is 16.8 Å². The molecule has 0 aliphatic carbocycles. The SMILES string of the molecule is COC(=O)c1cc(Cl)c2nnc(-c3cc(C)on3)n2c1. The number of methoxy groups -OCH3 is 1. The van der Waals surface area contributed by atoms with Gasteiger partial charge in [-0.3, -0.25) is 4.40 Å². The molecular weight excluding hydrogens is 284 g/mol. The zero-order valence-electron chi connectivity index (χ0n) is 10.6. The molecule has 0 atom stereocenters. The van der Waals surface area contributed by atoms with E-state index >= 15 is 0 Å². The summed E-state index contributed by atoms with van der Waals surface area (Å²) < 4.78 is 11.3. The lowest BCUT2D eigenvalue weighted by Crippen LogP contribution is -2.03. The molecule has 3 aromatic rings. The zero-order chi connectivity index (χ0) is 14.3. The maximum absolute atomic E-state index is 11.6. The molecule has 3 aromatic heterocycles. The van der Waals surface area contributed by atoms with Crippen molar-refractivity contribution in [2.24, 2.45) is 0 Å². The lowest BCUT2D eigenvalue weighted by atomic mass is 10.3. The molecule has 0 saturated carbocycles. The smallest absolute Gasteiger partial charge is 0.339 e. The van der Waals surface area contributed by atoms with Gasteiger partial charge >= 0.3 is 5.97 Å². The standard InChI is InChI=1S/C12H9ClN4O3/c1-6-3-9(16-20-6)11-15-14-10-8(13)4-7(5-17(10)11)12(18)19-2/h3-5H,1-2H3. The third kappa shape index (κ3) is 1.92. The van der Waals surface area contributed by atoms with Crippen molar-refractivity contribution in [2.75, 3.05) is 7.11 Å². The molecule has 0 spiro atoms. The number of nitrogens with zero attached hydrogens (tertiary/aromatic N) is 4. The van der Waals surface area contributed by atoms with Gasteiger partial charge in [0.2, 0.25) is 0 Å². The highest BCUT2D eigenvalue weighted by molar-refractivity contribution is 6.33. The molecule has 20 heavy (non-hydrogen) atoms. The normalized spacial score (nSPS) is 10.9. The summed E-state index contributed by atoms with van der Waals surface area (Å²) in [5, 5.41) is 12.2. The van der Waals surface area contributed by atoms with Gasteiger partial charge in [-0.15, -0.1) is 10.2 Å². The number of aromatic nitrogens is 4. The molecule has 0 aliphatic heterocycles. The number of carbonyl (C=O) groups is 1. The highest BCUT2D eigenvalue weighted by Gasteiger charge is 2.17. The minimum absolute atomic E-state index is 0.297. The van der Waals surface area contributed by atoms with Crippen molar-refractivity contribution in [1.82, 2.24) is 19.8 Å². The average molecular weight is 293 g/mol. The topological polar surface area (TPSA) is 82.5 Å². The third-order valence-corrected chi connectivity index (χ3v) is 3.02. The van der Waals surface area contributed by atoms with Crippen molar-refractivity contribution in [3.63, 3.8) is 0 Å². The first kappa shape index (κ1) is 12.6. The van der Waals surface area contributed by atoms with Crippen LogP contribution in [0.2, 0.25) is 5.02 Å². The summed E-state index contributed by atoms with van der Waals surface area (Å²) in [5.74, 6) is 0.584. The summed E-state index contributed by atoms with van der Waals surface area (Å²) in [7, 11) is 1.30. The largest absolute Gasteiger partial charge is 0.465 e. The first-order chi connectivity index (χ1) is 9.60. The minimum atomic E-state index is -0.496. The van der Waals surface area contributed by atoms with E-state index in [1.807, 2.05) is 0 Å². The molecule has 3 heterocycles. The van der Waals surface area contributed by atoms with E-state index in [-0.39, 0.29) is 0 Å². The van der Waals surface area contributed by atoms with E-state index in [0.29, 0.717) is 33.5 Å². The van der Waals surface area contributed by atoms with E-state index in [0.717, 1.165) is 0 Å². The molecule has 102 valence electrons. The number of aryl methyl sites for hydroxylation is 1. The number of fused-ring (bicyclic) bond motifs is 1. The fourth-order valence-electron chi connectivity index (χ4n) is 1.83. The van der Waals surface area contributed by atoms with E-state index in [9.17, 15) is 4.79 Å². The number of esters is 1. The van der Waals surface area contributed by atoms with Gasteiger partial charge in [0.15, 0.2) is 17.2 Å². The van der Waals surface area contributed by atoms with Crippen LogP contribution in [-0.4, -0.2) is 32.8 Å². The van der Waals surface area contributed by atoms with E-state index in [1.54, 1.807) is 23.6 Å². The molecule has 0 fully saturated rings. The van der Waals surface area contributed by atoms with Gasteiger partial charge in [0.1, 0.15) is 5.76 Å². The first-order valence-electron chi connectivity index (χ1n) is 5.66. The number of pyridine rings is 1. The number of ether oxygens (including phenoxy) is 1. The Morgan fingerprint density at radius 3 is 2.85 bits per heavy atom. The van der Waals surface area contributed by atoms with Gasteiger partial charge in [-0.05, 0) is 13.0 Å². The average Bonchev–Trinajstić information content (AvgIpc) is 3.03. The summed E-state index contributed by atoms with van der Waals surface area (Å²) in [5.41, 5.74) is 1.23. The second-order valence-electron chi connectivity index (χ2n) is 4.11. The van der Waals surface area contributed by atoms with Crippen molar-refractivity contribution in [1.29, 1.82) is 0 Å². The summed E-state index contributed by atoms with van der Waals surface area (Å²) in [4.78, 5) is 11.6. The lowest BCUT2D eigenvalue weighted by Gasteiger charge is -2.02. The minimum Gasteiger partial charge on any atom is -0.465 e. The fraction of sp³-hybridized carbons (Fsp3) is 0.167. The Morgan fingerprint density at radius 2 is 2.20 bits per heavy atom. The number of hydrogen-bond donors (Lipinski definition) is 0. The second-order valence-corrected chi connectivity index (χ2v) is 4.52. The number of carbonyl (C=O) groups excluding carboxylic acids is 1. The van der Waals surface area contributed by atoms with Crippen LogP contribution in [0.5, 0.6) is 0 Å². The van der Waals surface area contributed by atoms with E-state index in [4.69, 9.17) is 16.1 Å². The zero-order valence-corrected chi connectivity index (χ0v) is 11.4. The number of hydrogen-bond acceptors (Lipinski definition) is 6.